The Hall–Kier alpha value is -3.69. The molecule has 8 nitrogen and oxygen atoms in total. The van der Waals surface area contributed by atoms with E-state index in [1.165, 1.54) is 24.3 Å². The monoisotopic (exact) mass is 463 g/mol. The molecule has 1 heterocycles. The van der Waals surface area contributed by atoms with Crippen molar-refractivity contribution in [1.82, 2.24) is 19.1 Å². The molecule has 0 radical (unpaired) electrons. The third-order valence-corrected chi connectivity index (χ3v) is 6.64. The first-order valence-electron chi connectivity index (χ1n) is 10.3. The van der Waals surface area contributed by atoms with E-state index < -0.39 is 10.0 Å². The fourth-order valence-corrected chi connectivity index (χ4v) is 4.71. The number of methoxy groups -OCH3 is 1. The Bertz CT molecular complexity index is 1320. The van der Waals surface area contributed by atoms with Crippen molar-refractivity contribution in [2.75, 3.05) is 26.5 Å². The molecule has 0 aliphatic carbocycles. The lowest BCUT2D eigenvalue weighted by Gasteiger charge is -2.14. The number of hydrogen-bond acceptors (Lipinski definition) is 7. The highest BCUT2D eigenvalue weighted by Crippen LogP contribution is 2.33. The van der Waals surface area contributed by atoms with Gasteiger partial charge in [0.2, 0.25) is 0 Å². The lowest BCUT2D eigenvalue weighted by molar-refractivity contribution is 0.402. The van der Waals surface area contributed by atoms with E-state index in [4.69, 9.17) is 4.74 Å². The average Bonchev–Trinajstić information content (AvgIpc) is 3.36. The van der Waals surface area contributed by atoms with Gasteiger partial charge >= 0.3 is 0 Å². The van der Waals surface area contributed by atoms with Crippen molar-refractivity contribution < 1.29 is 13.2 Å². The minimum absolute atomic E-state index is 0.117. The Morgan fingerprint density at radius 1 is 0.970 bits per heavy atom. The molecule has 0 atom stereocenters. The molecule has 0 aliphatic rings. The molecule has 0 saturated carbocycles. The van der Waals surface area contributed by atoms with Gasteiger partial charge in [-0.1, -0.05) is 24.3 Å². The number of aromatic nitrogens is 3. The van der Waals surface area contributed by atoms with Gasteiger partial charge in [-0.3, -0.25) is 0 Å². The quantitative estimate of drug-likeness (QED) is 0.422. The molecule has 0 saturated heterocycles. The van der Waals surface area contributed by atoms with E-state index in [1.807, 2.05) is 50.5 Å². The van der Waals surface area contributed by atoms with Gasteiger partial charge in [0, 0.05) is 23.5 Å². The lowest BCUT2D eigenvalue weighted by Crippen LogP contribution is -2.14. The number of hydrogen-bond donors (Lipinski definition) is 1. The molecular formula is C24H25N5O3S. The van der Waals surface area contributed by atoms with E-state index in [9.17, 15) is 8.42 Å². The molecule has 0 amide bonds. The highest BCUT2D eigenvalue weighted by Gasteiger charge is 2.23. The number of nitrogens with zero attached hydrogens (tertiary/aromatic N) is 4. The number of ether oxygens (including phenoxy) is 1. The molecule has 0 unspecified atom stereocenters. The summed E-state index contributed by atoms with van der Waals surface area (Å²) in [4.78, 5) is 6.00. The van der Waals surface area contributed by atoms with Crippen LogP contribution in [-0.2, 0) is 16.6 Å². The summed E-state index contributed by atoms with van der Waals surface area (Å²) in [7, 11) is 1.72. The molecule has 1 N–H and O–H groups in total. The highest BCUT2D eigenvalue weighted by molar-refractivity contribution is 7.90. The molecule has 1 aromatic heterocycles. The van der Waals surface area contributed by atoms with Gasteiger partial charge in [0.1, 0.15) is 18.4 Å². The largest absolute Gasteiger partial charge is 0.497 e. The van der Waals surface area contributed by atoms with Crippen LogP contribution in [0.3, 0.4) is 0 Å². The summed E-state index contributed by atoms with van der Waals surface area (Å²) in [5.74, 6) is 0.558. The minimum atomic E-state index is -3.90. The maximum atomic E-state index is 13.1. The Labute approximate surface area is 193 Å². The summed E-state index contributed by atoms with van der Waals surface area (Å²) in [6.45, 7) is 0.884. The second-order valence-electron chi connectivity index (χ2n) is 7.77. The molecule has 4 rings (SSSR count). The first-order valence-corrected chi connectivity index (χ1v) is 11.7. The standard InChI is InChI=1S/C24H25N5O3S/c1-28(2)15-18-4-8-20(9-5-18)27-21-10-6-19(7-11-21)23-14-22(32-3)12-13-24(23)33(30,31)29-17-25-16-26-29/h4-14,16-17,27H,15H2,1-3H3. The van der Waals surface area contributed by atoms with Crippen LogP contribution in [0.2, 0.25) is 0 Å². The van der Waals surface area contributed by atoms with Crippen LogP contribution in [0, 0.1) is 0 Å². The smallest absolute Gasteiger partial charge is 0.285 e. The van der Waals surface area contributed by atoms with Crippen molar-refractivity contribution in [2.45, 2.75) is 11.4 Å². The van der Waals surface area contributed by atoms with Crippen molar-refractivity contribution in [2.24, 2.45) is 0 Å². The predicted molar refractivity (Wildman–Crippen MR) is 128 cm³/mol. The molecule has 170 valence electrons. The Balaban J connectivity index is 1.62. The topological polar surface area (TPSA) is 89.4 Å². The average molecular weight is 464 g/mol. The predicted octanol–water partition coefficient (Wildman–Crippen LogP) is 4.00. The molecule has 0 aliphatic heterocycles. The first kappa shape index (κ1) is 22.5. The van der Waals surface area contributed by atoms with E-state index in [2.05, 4.69) is 32.4 Å². The van der Waals surface area contributed by atoms with Crippen molar-refractivity contribution in [3.63, 3.8) is 0 Å². The van der Waals surface area contributed by atoms with Gasteiger partial charge in [-0.25, -0.2) is 4.98 Å². The Kier molecular flexibility index (Phi) is 6.43. The summed E-state index contributed by atoms with van der Waals surface area (Å²) < 4.78 is 32.4. The summed E-state index contributed by atoms with van der Waals surface area (Å²) >= 11 is 0. The molecule has 0 bridgehead atoms. The van der Waals surface area contributed by atoms with Crippen LogP contribution < -0.4 is 10.1 Å². The van der Waals surface area contributed by atoms with Gasteiger partial charge in [-0.15, -0.1) is 9.19 Å². The van der Waals surface area contributed by atoms with E-state index in [0.717, 1.165) is 27.6 Å². The van der Waals surface area contributed by atoms with Gasteiger partial charge in [-0.2, -0.15) is 8.42 Å². The fourth-order valence-electron chi connectivity index (χ4n) is 3.47. The van der Waals surface area contributed by atoms with Crippen molar-refractivity contribution in [3.05, 3.63) is 84.9 Å². The van der Waals surface area contributed by atoms with Crippen LogP contribution in [0.1, 0.15) is 5.56 Å². The van der Waals surface area contributed by atoms with Crippen molar-refractivity contribution >= 4 is 21.4 Å². The number of rotatable bonds is 8. The lowest BCUT2D eigenvalue weighted by atomic mass is 10.0. The zero-order valence-corrected chi connectivity index (χ0v) is 19.5. The van der Waals surface area contributed by atoms with Crippen LogP contribution in [0.25, 0.3) is 11.1 Å². The van der Waals surface area contributed by atoms with Crippen molar-refractivity contribution in [3.8, 4) is 16.9 Å². The second kappa shape index (κ2) is 9.43. The van der Waals surface area contributed by atoms with Crippen LogP contribution in [-0.4, -0.2) is 48.7 Å². The molecule has 9 heteroatoms. The van der Waals surface area contributed by atoms with Crippen LogP contribution in [0.4, 0.5) is 11.4 Å². The van der Waals surface area contributed by atoms with E-state index in [0.29, 0.717) is 11.3 Å². The number of anilines is 2. The Morgan fingerprint density at radius 2 is 1.64 bits per heavy atom. The van der Waals surface area contributed by atoms with Gasteiger partial charge in [0.15, 0.2) is 0 Å². The summed E-state index contributed by atoms with van der Waals surface area (Å²) in [5.41, 5.74) is 4.35. The Morgan fingerprint density at radius 3 is 2.21 bits per heavy atom. The van der Waals surface area contributed by atoms with E-state index in [-0.39, 0.29) is 4.90 Å². The number of benzene rings is 3. The normalized spacial score (nSPS) is 11.5. The highest BCUT2D eigenvalue weighted by atomic mass is 32.2. The van der Waals surface area contributed by atoms with Gasteiger partial charge < -0.3 is 15.0 Å². The first-order chi connectivity index (χ1) is 15.9. The van der Waals surface area contributed by atoms with Crippen molar-refractivity contribution in [1.29, 1.82) is 0 Å². The summed E-state index contributed by atoms with van der Waals surface area (Å²) in [6, 6.07) is 20.7. The molecular weight excluding hydrogens is 438 g/mol. The maximum absolute atomic E-state index is 13.1. The summed E-state index contributed by atoms with van der Waals surface area (Å²) in [5, 5.41) is 7.17. The maximum Gasteiger partial charge on any atom is 0.285 e. The zero-order chi connectivity index (χ0) is 23.4. The van der Waals surface area contributed by atoms with Gasteiger partial charge in [-0.05, 0) is 67.7 Å². The second-order valence-corrected chi connectivity index (χ2v) is 9.54. The van der Waals surface area contributed by atoms with E-state index >= 15 is 0 Å². The third kappa shape index (κ3) is 5.05. The zero-order valence-electron chi connectivity index (χ0n) is 18.6. The minimum Gasteiger partial charge on any atom is -0.497 e. The fraction of sp³-hybridized carbons (Fsp3) is 0.167. The van der Waals surface area contributed by atoms with Crippen LogP contribution in [0.15, 0.2) is 84.3 Å². The van der Waals surface area contributed by atoms with Crippen LogP contribution in [0.5, 0.6) is 5.75 Å². The molecule has 0 spiro atoms. The summed E-state index contributed by atoms with van der Waals surface area (Å²) in [6.07, 6.45) is 2.36. The molecule has 4 aromatic rings. The number of nitrogens with one attached hydrogen (secondary N) is 1. The van der Waals surface area contributed by atoms with Gasteiger partial charge in [0.25, 0.3) is 10.0 Å². The molecule has 0 fully saturated rings. The molecule has 33 heavy (non-hydrogen) atoms. The SMILES string of the molecule is COc1ccc(S(=O)(=O)n2cncn2)c(-c2ccc(Nc3ccc(CN(C)C)cc3)cc2)c1. The molecule has 3 aromatic carbocycles. The van der Waals surface area contributed by atoms with E-state index in [1.54, 1.807) is 19.2 Å². The van der Waals surface area contributed by atoms with Crippen LogP contribution >= 0.6 is 0 Å². The van der Waals surface area contributed by atoms with Gasteiger partial charge in [0.05, 0.1) is 12.0 Å². The third-order valence-electron chi connectivity index (χ3n) is 5.05.